The minimum atomic E-state index is -0.0922. The molecule has 0 bridgehead atoms. The Balaban J connectivity index is 1.50. The first kappa shape index (κ1) is 13.4. The van der Waals surface area contributed by atoms with Crippen molar-refractivity contribution in [1.29, 1.82) is 0 Å². The Kier molecular flexibility index (Phi) is 3.37. The van der Waals surface area contributed by atoms with Crippen molar-refractivity contribution in [2.75, 3.05) is 6.61 Å². The minimum Gasteiger partial charge on any atom is -0.492 e. The number of carbonyl (C=O) groups is 1. The number of rotatable bonds is 4. The molecule has 4 heteroatoms. The average molecular weight is 297 g/mol. The third kappa shape index (κ3) is 2.61. The number of amides is 1. The first-order valence-electron chi connectivity index (χ1n) is 7.85. The Morgan fingerprint density at radius 1 is 1.18 bits per heavy atom. The fraction of sp³-hybridized carbons (Fsp3) is 0.389. The first-order valence-corrected chi connectivity index (χ1v) is 7.85. The van der Waals surface area contributed by atoms with Crippen molar-refractivity contribution in [3.8, 4) is 5.75 Å². The third-order valence-corrected chi connectivity index (χ3v) is 4.41. The second-order valence-corrected chi connectivity index (χ2v) is 6.10. The highest BCUT2D eigenvalue weighted by Gasteiger charge is 2.37. The van der Waals surface area contributed by atoms with Crippen LogP contribution in [-0.4, -0.2) is 23.5 Å². The lowest BCUT2D eigenvalue weighted by Gasteiger charge is -2.30. The molecule has 4 nitrogen and oxygen atoms in total. The Morgan fingerprint density at radius 3 is 2.82 bits per heavy atom. The summed E-state index contributed by atoms with van der Waals surface area (Å²) in [4.78, 5) is 14.9. The predicted molar refractivity (Wildman–Crippen MR) is 81.4 cm³/mol. The van der Waals surface area contributed by atoms with E-state index in [0.29, 0.717) is 19.2 Å². The lowest BCUT2D eigenvalue weighted by molar-refractivity contribution is -0.138. The van der Waals surface area contributed by atoms with E-state index in [0.717, 1.165) is 36.3 Å². The van der Waals surface area contributed by atoms with Gasteiger partial charge in [-0.05, 0) is 43.0 Å². The van der Waals surface area contributed by atoms with E-state index in [1.165, 1.54) is 0 Å². The van der Waals surface area contributed by atoms with Crippen LogP contribution in [0.5, 0.6) is 5.75 Å². The van der Waals surface area contributed by atoms with Crippen molar-refractivity contribution in [2.45, 2.75) is 31.8 Å². The molecule has 1 saturated carbocycles. The van der Waals surface area contributed by atoms with Crippen LogP contribution in [0.3, 0.4) is 0 Å². The summed E-state index contributed by atoms with van der Waals surface area (Å²) in [5.74, 6) is 1.85. The first-order chi connectivity index (χ1) is 10.8. The van der Waals surface area contributed by atoms with Gasteiger partial charge in [0, 0.05) is 6.04 Å². The topological polar surface area (TPSA) is 42.7 Å². The van der Waals surface area contributed by atoms with Gasteiger partial charge in [0.15, 0.2) is 0 Å². The van der Waals surface area contributed by atoms with Gasteiger partial charge in [0.2, 0.25) is 5.91 Å². The van der Waals surface area contributed by atoms with Crippen LogP contribution in [0.2, 0.25) is 0 Å². The van der Waals surface area contributed by atoms with E-state index in [2.05, 4.69) is 0 Å². The molecule has 0 saturated heterocycles. The summed E-state index contributed by atoms with van der Waals surface area (Å²) in [6.45, 7) is 1.03. The molecule has 2 aromatic rings. The maximum absolute atomic E-state index is 12.9. The molecule has 4 rings (SSSR count). The van der Waals surface area contributed by atoms with Crippen LogP contribution in [0.25, 0.3) is 0 Å². The number of carbonyl (C=O) groups excluding carboxylic acids is 1. The van der Waals surface area contributed by atoms with Crippen LogP contribution in [0, 0.1) is 5.92 Å². The molecule has 2 heterocycles. The molecule has 2 aliphatic rings. The van der Waals surface area contributed by atoms with Crippen molar-refractivity contribution < 1.29 is 13.9 Å². The zero-order valence-electron chi connectivity index (χ0n) is 12.4. The smallest absolute Gasteiger partial charge is 0.230 e. The summed E-state index contributed by atoms with van der Waals surface area (Å²) in [6, 6.07) is 12.1. The number of para-hydroxylation sites is 1. The highest BCUT2D eigenvalue weighted by atomic mass is 16.5. The molecular weight excluding hydrogens is 278 g/mol. The van der Waals surface area contributed by atoms with Crippen molar-refractivity contribution in [3.63, 3.8) is 0 Å². The van der Waals surface area contributed by atoms with Gasteiger partial charge in [-0.15, -0.1) is 0 Å². The summed E-state index contributed by atoms with van der Waals surface area (Å²) in [6.07, 6.45) is 4.61. The Labute approximate surface area is 129 Å². The maximum Gasteiger partial charge on any atom is 0.230 e. The second-order valence-electron chi connectivity index (χ2n) is 6.10. The van der Waals surface area contributed by atoms with Gasteiger partial charge < -0.3 is 14.1 Å². The molecule has 22 heavy (non-hydrogen) atoms. The lowest BCUT2D eigenvalue weighted by Crippen LogP contribution is -2.41. The fourth-order valence-electron chi connectivity index (χ4n) is 3.06. The van der Waals surface area contributed by atoms with E-state index in [1.54, 1.807) is 6.26 Å². The van der Waals surface area contributed by atoms with Gasteiger partial charge in [-0.25, -0.2) is 0 Å². The van der Waals surface area contributed by atoms with Crippen LogP contribution in [0.1, 0.15) is 24.2 Å². The molecule has 1 fully saturated rings. The number of ether oxygens (including phenoxy) is 1. The molecule has 1 atom stereocenters. The van der Waals surface area contributed by atoms with Gasteiger partial charge in [0.05, 0.1) is 18.7 Å². The van der Waals surface area contributed by atoms with Crippen LogP contribution in [-0.2, 0) is 17.8 Å². The molecule has 1 aromatic carbocycles. The number of nitrogens with zero attached hydrogens (tertiary/aromatic N) is 1. The quantitative estimate of drug-likeness (QED) is 0.871. The zero-order chi connectivity index (χ0) is 14.9. The molecule has 0 radical (unpaired) electrons. The van der Waals surface area contributed by atoms with Crippen LogP contribution < -0.4 is 4.74 Å². The van der Waals surface area contributed by atoms with E-state index >= 15 is 0 Å². The molecule has 1 aromatic heterocycles. The number of hydrogen-bond donors (Lipinski definition) is 0. The zero-order valence-corrected chi connectivity index (χ0v) is 12.4. The average Bonchev–Trinajstić information content (AvgIpc) is 3.27. The van der Waals surface area contributed by atoms with Crippen LogP contribution in [0.15, 0.2) is 47.1 Å². The van der Waals surface area contributed by atoms with Crippen LogP contribution in [0.4, 0.5) is 0 Å². The van der Waals surface area contributed by atoms with Gasteiger partial charge in [-0.2, -0.15) is 0 Å². The maximum atomic E-state index is 12.9. The van der Waals surface area contributed by atoms with E-state index in [-0.39, 0.29) is 11.8 Å². The number of benzene rings is 1. The van der Waals surface area contributed by atoms with Crippen molar-refractivity contribution in [1.82, 2.24) is 4.90 Å². The second kappa shape index (κ2) is 5.52. The predicted octanol–water partition coefficient (Wildman–Crippen LogP) is 3.02. The molecule has 1 amide bonds. The molecular formula is C18H19NO3. The molecule has 0 unspecified atom stereocenters. The Morgan fingerprint density at radius 2 is 2.05 bits per heavy atom. The highest BCUT2D eigenvalue weighted by Crippen LogP contribution is 2.33. The monoisotopic (exact) mass is 297 g/mol. The third-order valence-electron chi connectivity index (χ3n) is 4.41. The number of furan rings is 1. The Hall–Kier alpha value is -2.23. The summed E-state index contributed by atoms with van der Waals surface area (Å²) >= 11 is 0. The van der Waals surface area contributed by atoms with E-state index < -0.39 is 0 Å². The summed E-state index contributed by atoms with van der Waals surface area (Å²) in [7, 11) is 0. The Bertz CT molecular complexity index is 661. The summed E-state index contributed by atoms with van der Waals surface area (Å²) in [5, 5.41) is 0. The van der Waals surface area contributed by atoms with E-state index in [9.17, 15) is 4.79 Å². The van der Waals surface area contributed by atoms with Crippen molar-refractivity contribution >= 4 is 5.91 Å². The van der Waals surface area contributed by atoms with E-state index in [4.69, 9.17) is 9.15 Å². The lowest BCUT2D eigenvalue weighted by atomic mass is 9.95. The highest BCUT2D eigenvalue weighted by molar-refractivity contribution is 5.80. The summed E-state index contributed by atoms with van der Waals surface area (Å²) in [5.41, 5.74) is 1.13. The molecule has 0 spiro atoms. The standard InChI is InChI=1S/C18H19NO3/c20-18(14-10-13-4-1-2-6-17(13)22-12-14)19(15-7-8-15)11-16-5-3-9-21-16/h1-6,9,14-15H,7-8,10-12H2/t14-/m1/s1. The SMILES string of the molecule is O=C([C@H]1COc2ccccc2C1)N(Cc1ccco1)C1CC1. The van der Waals surface area contributed by atoms with Crippen LogP contribution >= 0.6 is 0 Å². The van der Waals surface area contributed by atoms with Gasteiger partial charge in [0.25, 0.3) is 0 Å². The molecule has 114 valence electrons. The van der Waals surface area contributed by atoms with Crippen molar-refractivity contribution in [2.24, 2.45) is 5.92 Å². The summed E-state index contributed by atoms with van der Waals surface area (Å²) < 4.78 is 11.2. The molecule has 1 aliphatic carbocycles. The fourth-order valence-corrected chi connectivity index (χ4v) is 3.06. The van der Waals surface area contributed by atoms with Gasteiger partial charge in [0.1, 0.15) is 18.1 Å². The molecule has 0 N–H and O–H groups in total. The number of fused-ring (bicyclic) bond motifs is 1. The normalized spacial score (nSPS) is 20.1. The van der Waals surface area contributed by atoms with E-state index in [1.807, 2.05) is 41.3 Å². The largest absolute Gasteiger partial charge is 0.492 e. The van der Waals surface area contributed by atoms with Crippen molar-refractivity contribution in [3.05, 3.63) is 54.0 Å². The van der Waals surface area contributed by atoms with Gasteiger partial charge in [-0.3, -0.25) is 4.79 Å². The minimum absolute atomic E-state index is 0.0922. The van der Waals surface area contributed by atoms with Gasteiger partial charge in [-0.1, -0.05) is 18.2 Å². The molecule has 1 aliphatic heterocycles. The number of hydrogen-bond acceptors (Lipinski definition) is 3. The van der Waals surface area contributed by atoms with Gasteiger partial charge >= 0.3 is 0 Å².